The minimum atomic E-state index is 0.244. The number of hydrogen-bond donors (Lipinski definition) is 1. The molecule has 5 heteroatoms. The molecular formula is C13H24N4S. The smallest absolute Gasteiger partial charge is 0.0768 e. The van der Waals surface area contributed by atoms with Crippen molar-refractivity contribution < 1.29 is 0 Å². The molecule has 0 aliphatic rings. The fraction of sp³-hybridized carbons (Fsp3) is 0.692. The predicted molar refractivity (Wildman–Crippen MR) is 79.6 cm³/mol. The van der Waals surface area contributed by atoms with E-state index in [1.165, 1.54) is 5.69 Å². The second-order valence-corrected chi connectivity index (χ2v) is 5.27. The van der Waals surface area contributed by atoms with Crippen LogP contribution >= 0.6 is 12.2 Å². The van der Waals surface area contributed by atoms with Crippen LogP contribution in [-0.2, 0) is 19.5 Å². The van der Waals surface area contributed by atoms with Gasteiger partial charge in [-0.2, -0.15) is 5.10 Å². The van der Waals surface area contributed by atoms with Gasteiger partial charge in [0.05, 0.1) is 16.4 Å². The molecule has 0 aliphatic carbocycles. The van der Waals surface area contributed by atoms with Crippen LogP contribution in [-0.4, -0.2) is 33.3 Å². The van der Waals surface area contributed by atoms with Crippen molar-refractivity contribution in [1.29, 1.82) is 0 Å². The third-order valence-electron chi connectivity index (χ3n) is 3.08. The largest absolute Gasteiger partial charge is 0.393 e. The highest BCUT2D eigenvalue weighted by molar-refractivity contribution is 7.80. The zero-order valence-electron chi connectivity index (χ0n) is 11.8. The number of aromatic nitrogens is 2. The Kier molecular flexibility index (Phi) is 5.75. The van der Waals surface area contributed by atoms with E-state index in [1.54, 1.807) is 0 Å². The van der Waals surface area contributed by atoms with Crippen LogP contribution in [0.25, 0.3) is 0 Å². The molecule has 1 heterocycles. The summed E-state index contributed by atoms with van der Waals surface area (Å²) in [4.78, 5) is 2.83. The molecule has 1 rings (SSSR count). The molecule has 4 nitrogen and oxygen atoms in total. The van der Waals surface area contributed by atoms with Crippen molar-refractivity contribution in [2.75, 3.05) is 13.6 Å². The summed E-state index contributed by atoms with van der Waals surface area (Å²) in [6.07, 6.45) is 0.979. The Morgan fingerprint density at radius 2 is 2.22 bits per heavy atom. The lowest BCUT2D eigenvalue weighted by molar-refractivity contribution is 0.297. The van der Waals surface area contributed by atoms with Crippen molar-refractivity contribution in [2.45, 2.75) is 40.3 Å². The molecule has 0 radical (unpaired) electrons. The molecule has 18 heavy (non-hydrogen) atoms. The van der Waals surface area contributed by atoms with Gasteiger partial charge in [-0.05, 0) is 26.5 Å². The minimum absolute atomic E-state index is 0.244. The maximum Gasteiger partial charge on any atom is 0.0768 e. The zero-order valence-corrected chi connectivity index (χ0v) is 12.6. The highest BCUT2D eigenvalue weighted by atomic mass is 32.1. The first kappa shape index (κ1) is 15.1. The molecule has 0 saturated heterocycles. The first-order valence-corrected chi connectivity index (χ1v) is 6.92. The van der Waals surface area contributed by atoms with Gasteiger partial charge in [-0.1, -0.05) is 26.1 Å². The topological polar surface area (TPSA) is 47.1 Å². The Hall–Kier alpha value is -0.940. The number of hydrogen-bond acceptors (Lipinski definition) is 3. The Morgan fingerprint density at radius 3 is 2.72 bits per heavy atom. The van der Waals surface area contributed by atoms with E-state index in [2.05, 4.69) is 48.6 Å². The Balaban J connectivity index is 2.65. The van der Waals surface area contributed by atoms with Crippen LogP contribution in [0, 0.1) is 5.92 Å². The lowest BCUT2D eigenvalue weighted by Gasteiger charge is -2.20. The highest BCUT2D eigenvalue weighted by Gasteiger charge is 2.12. The van der Waals surface area contributed by atoms with E-state index in [-0.39, 0.29) is 5.92 Å². The molecule has 1 aromatic rings. The maximum atomic E-state index is 5.65. The van der Waals surface area contributed by atoms with Crippen LogP contribution in [0.15, 0.2) is 6.07 Å². The summed E-state index contributed by atoms with van der Waals surface area (Å²) in [5.41, 5.74) is 8.06. The second-order valence-electron chi connectivity index (χ2n) is 4.80. The quantitative estimate of drug-likeness (QED) is 0.766. The summed E-state index contributed by atoms with van der Waals surface area (Å²) in [6.45, 7) is 8.99. The molecule has 0 aromatic carbocycles. The molecule has 1 atom stereocenters. The number of thiocarbonyl (C=S) groups is 1. The third-order valence-corrected chi connectivity index (χ3v) is 3.48. The van der Waals surface area contributed by atoms with Gasteiger partial charge in [-0.3, -0.25) is 9.58 Å². The molecule has 0 bridgehead atoms. The van der Waals surface area contributed by atoms with Crippen LogP contribution in [0.3, 0.4) is 0 Å². The number of nitrogens with two attached hydrogens (primary N) is 1. The summed E-state index contributed by atoms with van der Waals surface area (Å²) >= 11 is 5.01. The van der Waals surface area contributed by atoms with Gasteiger partial charge < -0.3 is 5.73 Å². The summed E-state index contributed by atoms with van der Waals surface area (Å²) in [5.74, 6) is 0.244. The molecule has 0 amide bonds. The molecule has 0 aliphatic heterocycles. The van der Waals surface area contributed by atoms with E-state index in [9.17, 15) is 0 Å². The maximum absolute atomic E-state index is 5.65. The van der Waals surface area contributed by atoms with Crippen LogP contribution in [0.4, 0.5) is 0 Å². The van der Waals surface area contributed by atoms with Crippen molar-refractivity contribution in [2.24, 2.45) is 11.7 Å². The highest BCUT2D eigenvalue weighted by Crippen LogP contribution is 2.09. The summed E-state index contributed by atoms with van der Waals surface area (Å²) in [7, 11) is 2.09. The van der Waals surface area contributed by atoms with E-state index in [0.29, 0.717) is 4.99 Å². The second kappa shape index (κ2) is 6.85. The number of nitrogens with zero attached hydrogens (tertiary/aromatic N) is 3. The summed E-state index contributed by atoms with van der Waals surface area (Å²) in [5, 5.41) is 4.55. The Morgan fingerprint density at radius 1 is 1.56 bits per heavy atom. The van der Waals surface area contributed by atoms with E-state index >= 15 is 0 Å². The number of aryl methyl sites for hydroxylation is 2. The van der Waals surface area contributed by atoms with Gasteiger partial charge in [0.1, 0.15) is 0 Å². The lowest BCUT2D eigenvalue weighted by Crippen LogP contribution is -2.31. The van der Waals surface area contributed by atoms with Gasteiger partial charge in [0.2, 0.25) is 0 Å². The molecule has 1 unspecified atom stereocenters. The molecule has 0 fully saturated rings. The SMILES string of the molecule is CCc1cc(CN(C)CC(C)C(N)=S)n(CC)n1. The molecule has 1 aromatic heterocycles. The zero-order chi connectivity index (χ0) is 13.7. The molecule has 0 saturated carbocycles. The molecule has 0 spiro atoms. The average molecular weight is 268 g/mol. The third kappa shape index (κ3) is 4.07. The Bertz CT molecular complexity index is 400. The van der Waals surface area contributed by atoms with E-state index in [4.69, 9.17) is 18.0 Å². The van der Waals surface area contributed by atoms with Crippen LogP contribution in [0.2, 0.25) is 0 Å². The first-order valence-electron chi connectivity index (χ1n) is 6.51. The van der Waals surface area contributed by atoms with Gasteiger partial charge in [-0.25, -0.2) is 0 Å². The lowest BCUT2D eigenvalue weighted by atomic mass is 10.1. The monoisotopic (exact) mass is 268 g/mol. The van der Waals surface area contributed by atoms with Gasteiger partial charge in [0.25, 0.3) is 0 Å². The minimum Gasteiger partial charge on any atom is -0.393 e. The van der Waals surface area contributed by atoms with Crippen molar-refractivity contribution in [3.05, 3.63) is 17.5 Å². The summed E-state index contributed by atoms with van der Waals surface area (Å²) < 4.78 is 2.07. The van der Waals surface area contributed by atoms with Gasteiger partial charge in [0.15, 0.2) is 0 Å². The van der Waals surface area contributed by atoms with E-state index < -0.39 is 0 Å². The van der Waals surface area contributed by atoms with Crippen LogP contribution in [0.5, 0.6) is 0 Å². The average Bonchev–Trinajstić information content (AvgIpc) is 2.70. The van der Waals surface area contributed by atoms with Crippen LogP contribution < -0.4 is 5.73 Å². The molecular weight excluding hydrogens is 244 g/mol. The standard InChI is InChI=1S/C13H24N4S/c1-5-11-7-12(17(6-2)15-11)9-16(4)8-10(3)13(14)18/h7,10H,5-6,8-9H2,1-4H3,(H2,14,18). The van der Waals surface area contributed by atoms with Crippen molar-refractivity contribution in [3.8, 4) is 0 Å². The fourth-order valence-electron chi connectivity index (χ4n) is 1.99. The van der Waals surface area contributed by atoms with Crippen LogP contribution in [0.1, 0.15) is 32.2 Å². The van der Waals surface area contributed by atoms with E-state index in [0.717, 1.165) is 31.7 Å². The van der Waals surface area contributed by atoms with E-state index in [1.807, 2.05) is 0 Å². The predicted octanol–water partition coefficient (Wildman–Crippen LogP) is 1.82. The normalized spacial score (nSPS) is 12.9. The van der Waals surface area contributed by atoms with Crippen molar-refractivity contribution in [3.63, 3.8) is 0 Å². The van der Waals surface area contributed by atoms with Crippen molar-refractivity contribution >= 4 is 17.2 Å². The fourth-order valence-corrected chi connectivity index (χ4v) is 2.06. The van der Waals surface area contributed by atoms with Gasteiger partial charge in [-0.15, -0.1) is 0 Å². The Labute approximate surface area is 115 Å². The summed E-state index contributed by atoms with van der Waals surface area (Å²) in [6, 6.07) is 2.19. The van der Waals surface area contributed by atoms with Gasteiger partial charge in [0, 0.05) is 25.6 Å². The van der Waals surface area contributed by atoms with Gasteiger partial charge >= 0.3 is 0 Å². The molecule has 2 N–H and O–H groups in total. The molecule has 102 valence electrons. The first-order chi connectivity index (χ1) is 8.47. The van der Waals surface area contributed by atoms with Crippen molar-refractivity contribution in [1.82, 2.24) is 14.7 Å². The number of rotatable bonds is 7.